The summed E-state index contributed by atoms with van der Waals surface area (Å²) in [6, 6.07) is 3.72. The first kappa shape index (κ1) is 12.6. The predicted octanol–water partition coefficient (Wildman–Crippen LogP) is 1.15. The van der Waals surface area contributed by atoms with E-state index in [9.17, 15) is 4.79 Å². The summed E-state index contributed by atoms with van der Waals surface area (Å²) >= 11 is 0. The fraction of sp³-hybridized carbons (Fsp3) is 0.500. The van der Waals surface area contributed by atoms with Gasteiger partial charge in [-0.15, -0.1) is 0 Å². The van der Waals surface area contributed by atoms with Gasteiger partial charge in [0.15, 0.2) is 0 Å². The third-order valence-electron chi connectivity index (χ3n) is 2.35. The standard InChI is InChI=1S/C12H19N3O/c1-9(2)10-4-5-11(15-8-10)12(16)14-7-6-13-3/h4-5,8-9,13H,6-7H2,1-3H3,(H,14,16). The van der Waals surface area contributed by atoms with Gasteiger partial charge in [-0.1, -0.05) is 19.9 Å². The fourth-order valence-corrected chi connectivity index (χ4v) is 1.27. The van der Waals surface area contributed by atoms with Crippen molar-refractivity contribution >= 4 is 5.91 Å². The maximum Gasteiger partial charge on any atom is 0.269 e. The van der Waals surface area contributed by atoms with Crippen LogP contribution in [0.25, 0.3) is 0 Å². The number of pyridine rings is 1. The van der Waals surface area contributed by atoms with Crippen LogP contribution in [-0.4, -0.2) is 31.0 Å². The number of nitrogens with zero attached hydrogens (tertiary/aromatic N) is 1. The number of carbonyl (C=O) groups is 1. The number of rotatable bonds is 5. The zero-order valence-corrected chi connectivity index (χ0v) is 10.1. The molecule has 0 saturated carbocycles. The third kappa shape index (κ3) is 3.62. The van der Waals surface area contributed by atoms with Crippen LogP contribution in [0.4, 0.5) is 0 Å². The highest BCUT2D eigenvalue weighted by molar-refractivity contribution is 5.92. The smallest absolute Gasteiger partial charge is 0.269 e. The highest BCUT2D eigenvalue weighted by atomic mass is 16.1. The topological polar surface area (TPSA) is 54.0 Å². The SMILES string of the molecule is CNCCNC(=O)c1ccc(C(C)C)cn1. The molecule has 0 aliphatic rings. The zero-order chi connectivity index (χ0) is 12.0. The number of hydrogen-bond acceptors (Lipinski definition) is 3. The Morgan fingerprint density at radius 1 is 1.38 bits per heavy atom. The second kappa shape index (κ2) is 6.23. The highest BCUT2D eigenvalue weighted by Crippen LogP contribution is 2.12. The number of carbonyl (C=O) groups excluding carboxylic acids is 1. The van der Waals surface area contributed by atoms with E-state index in [4.69, 9.17) is 0 Å². The van der Waals surface area contributed by atoms with E-state index >= 15 is 0 Å². The molecule has 0 bridgehead atoms. The van der Waals surface area contributed by atoms with Gasteiger partial charge in [0.25, 0.3) is 5.91 Å². The average molecular weight is 221 g/mol. The van der Waals surface area contributed by atoms with Crippen molar-refractivity contribution < 1.29 is 4.79 Å². The van der Waals surface area contributed by atoms with Crippen LogP contribution in [0.15, 0.2) is 18.3 Å². The van der Waals surface area contributed by atoms with Crippen LogP contribution in [0.2, 0.25) is 0 Å². The summed E-state index contributed by atoms with van der Waals surface area (Å²) in [5.74, 6) is 0.319. The number of nitrogens with one attached hydrogen (secondary N) is 2. The van der Waals surface area contributed by atoms with Crippen LogP contribution in [0.3, 0.4) is 0 Å². The maximum absolute atomic E-state index is 11.6. The Kier molecular flexibility index (Phi) is 4.92. The molecule has 1 rings (SSSR count). The van der Waals surface area contributed by atoms with Crippen molar-refractivity contribution in [3.63, 3.8) is 0 Å². The van der Waals surface area contributed by atoms with Crippen LogP contribution in [-0.2, 0) is 0 Å². The van der Waals surface area contributed by atoms with E-state index < -0.39 is 0 Å². The molecule has 0 aliphatic heterocycles. The van der Waals surface area contributed by atoms with E-state index in [1.807, 2.05) is 13.1 Å². The zero-order valence-electron chi connectivity index (χ0n) is 10.1. The molecule has 0 radical (unpaired) electrons. The van der Waals surface area contributed by atoms with E-state index in [1.165, 1.54) is 0 Å². The summed E-state index contributed by atoms with van der Waals surface area (Å²) in [6.45, 7) is 5.58. The van der Waals surface area contributed by atoms with E-state index in [0.29, 0.717) is 18.2 Å². The fourth-order valence-electron chi connectivity index (χ4n) is 1.27. The lowest BCUT2D eigenvalue weighted by molar-refractivity contribution is 0.0949. The van der Waals surface area contributed by atoms with Crippen LogP contribution in [0.5, 0.6) is 0 Å². The van der Waals surface area contributed by atoms with Crippen LogP contribution in [0.1, 0.15) is 35.8 Å². The molecular formula is C12H19N3O. The van der Waals surface area contributed by atoms with E-state index in [-0.39, 0.29) is 5.91 Å². The van der Waals surface area contributed by atoms with Crippen molar-refractivity contribution in [2.75, 3.05) is 20.1 Å². The summed E-state index contributed by atoms with van der Waals surface area (Å²) in [5, 5.41) is 5.75. The quantitative estimate of drug-likeness (QED) is 0.733. The average Bonchev–Trinajstić information content (AvgIpc) is 2.29. The summed E-state index contributed by atoms with van der Waals surface area (Å²) < 4.78 is 0. The second-order valence-electron chi connectivity index (χ2n) is 3.99. The van der Waals surface area contributed by atoms with Crippen LogP contribution >= 0.6 is 0 Å². The Morgan fingerprint density at radius 2 is 2.12 bits per heavy atom. The molecule has 4 heteroatoms. The molecule has 1 aromatic heterocycles. The van der Waals surface area contributed by atoms with E-state index in [1.54, 1.807) is 12.3 Å². The molecule has 0 spiro atoms. The maximum atomic E-state index is 11.6. The first-order valence-corrected chi connectivity index (χ1v) is 5.54. The van der Waals surface area contributed by atoms with Crippen molar-refractivity contribution in [1.29, 1.82) is 0 Å². The van der Waals surface area contributed by atoms with Gasteiger partial charge in [0.2, 0.25) is 0 Å². The normalized spacial score (nSPS) is 10.5. The van der Waals surface area contributed by atoms with Gasteiger partial charge in [-0.05, 0) is 24.6 Å². The lowest BCUT2D eigenvalue weighted by Crippen LogP contribution is -2.30. The molecule has 0 saturated heterocycles. The number of aromatic nitrogens is 1. The molecule has 1 amide bonds. The number of amides is 1. The summed E-state index contributed by atoms with van der Waals surface area (Å²) in [5.41, 5.74) is 1.62. The molecule has 2 N–H and O–H groups in total. The number of hydrogen-bond donors (Lipinski definition) is 2. The minimum atomic E-state index is -0.120. The Hall–Kier alpha value is -1.42. The molecular weight excluding hydrogens is 202 g/mol. The minimum Gasteiger partial charge on any atom is -0.349 e. The van der Waals surface area contributed by atoms with Gasteiger partial charge < -0.3 is 10.6 Å². The van der Waals surface area contributed by atoms with E-state index in [0.717, 1.165) is 12.1 Å². The number of likely N-dealkylation sites (N-methyl/N-ethyl adjacent to an activating group) is 1. The van der Waals surface area contributed by atoms with Gasteiger partial charge in [-0.25, -0.2) is 0 Å². The van der Waals surface area contributed by atoms with Gasteiger partial charge in [0.05, 0.1) is 0 Å². The Bertz CT molecular complexity index is 333. The molecule has 0 atom stereocenters. The predicted molar refractivity (Wildman–Crippen MR) is 64.6 cm³/mol. The van der Waals surface area contributed by atoms with Gasteiger partial charge in [-0.3, -0.25) is 9.78 Å². The molecule has 0 aliphatic carbocycles. The molecule has 4 nitrogen and oxygen atoms in total. The molecule has 0 aromatic carbocycles. The van der Waals surface area contributed by atoms with Gasteiger partial charge in [-0.2, -0.15) is 0 Å². The highest BCUT2D eigenvalue weighted by Gasteiger charge is 2.06. The first-order chi connectivity index (χ1) is 7.65. The van der Waals surface area contributed by atoms with Gasteiger partial charge >= 0.3 is 0 Å². The minimum absolute atomic E-state index is 0.120. The molecule has 88 valence electrons. The van der Waals surface area contributed by atoms with Crippen molar-refractivity contribution in [2.45, 2.75) is 19.8 Å². The van der Waals surface area contributed by atoms with Gasteiger partial charge in [0, 0.05) is 19.3 Å². The summed E-state index contributed by atoms with van der Waals surface area (Å²) in [4.78, 5) is 15.7. The van der Waals surface area contributed by atoms with Crippen molar-refractivity contribution in [3.05, 3.63) is 29.6 Å². The lowest BCUT2D eigenvalue weighted by atomic mass is 10.1. The van der Waals surface area contributed by atoms with Crippen LogP contribution in [0, 0.1) is 0 Å². The van der Waals surface area contributed by atoms with Crippen molar-refractivity contribution in [2.24, 2.45) is 0 Å². The Labute approximate surface area is 96.5 Å². The van der Waals surface area contributed by atoms with Crippen LogP contribution < -0.4 is 10.6 Å². The largest absolute Gasteiger partial charge is 0.349 e. The second-order valence-corrected chi connectivity index (χ2v) is 3.99. The van der Waals surface area contributed by atoms with E-state index in [2.05, 4.69) is 29.5 Å². The van der Waals surface area contributed by atoms with Crippen molar-refractivity contribution in [1.82, 2.24) is 15.6 Å². The Balaban J connectivity index is 2.56. The van der Waals surface area contributed by atoms with Gasteiger partial charge in [0.1, 0.15) is 5.69 Å². The molecule has 0 fully saturated rings. The lowest BCUT2D eigenvalue weighted by Gasteiger charge is -2.06. The molecule has 1 heterocycles. The van der Waals surface area contributed by atoms with Crippen molar-refractivity contribution in [3.8, 4) is 0 Å². The Morgan fingerprint density at radius 3 is 2.62 bits per heavy atom. The monoisotopic (exact) mass is 221 g/mol. The molecule has 16 heavy (non-hydrogen) atoms. The molecule has 0 unspecified atom stereocenters. The summed E-state index contributed by atoms with van der Waals surface area (Å²) in [7, 11) is 1.85. The summed E-state index contributed by atoms with van der Waals surface area (Å²) in [6.07, 6.45) is 1.76. The first-order valence-electron chi connectivity index (χ1n) is 5.54. The molecule has 1 aromatic rings. The third-order valence-corrected chi connectivity index (χ3v) is 2.35.